The normalized spacial score (nSPS) is 12.5. The van der Waals surface area contributed by atoms with E-state index in [0.717, 1.165) is 0 Å². The molecular weight excluding hydrogens is 432 g/mol. The first-order valence-corrected chi connectivity index (χ1v) is 11.3. The smallest absolute Gasteiger partial charge is 0.299 e. The van der Waals surface area contributed by atoms with E-state index in [4.69, 9.17) is 0 Å². The molecular formula is C20H14O8S2. The Labute approximate surface area is 171 Å². The Morgan fingerprint density at radius 2 is 1.13 bits per heavy atom. The first-order chi connectivity index (χ1) is 14.0. The van der Waals surface area contributed by atoms with Gasteiger partial charge in [0.1, 0.15) is 15.5 Å². The molecule has 0 aliphatic carbocycles. The zero-order valence-corrected chi connectivity index (χ0v) is 16.6. The van der Waals surface area contributed by atoms with Crippen LogP contribution in [0.1, 0.15) is 0 Å². The van der Waals surface area contributed by atoms with Gasteiger partial charge >= 0.3 is 0 Å². The molecule has 0 spiro atoms. The van der Waals surface area contributed by atoms with Crippen LogP contribution < -0.4 is 0 Å². The summed E-state index contributed by atoms with van der Waals surface area (Å²) >= 11 is 0. The molecule has 0 fully saturated rings. The molecule has 4 rings (SSSR count). The van der Waals surface area contributed by atoms with Crippen LogP contribution in [0.4, 0.5) is 0 Å². The molecule has 0 aliphatic heterocycles. The van der Waals surface area contributed by atoms with Gasteiger partial charge in [0.25, 0.3) is 20.2 Å². The molecule has 4 aromatic rings. The van der Waals surface area contributed by atoms with E-state index < -0.39 is 47.1 Å². The quantitative estimate of drug-likeness (QED) is 0.212. The minimum absolute atomic E-state index is 0.158. The standard InChI is InChI=1S/C20H14O8S2/c21-15-10-16(29(23,24)25)19(22)20(30(26,27)28)18(15)17-13-7-3-1-5-11(13)9-12-6-2-4-8-14(12)17/h1-10,21-22H,(H,23,24,25)(H,26,27,28). The molecule has 4 aromatic carbocycles. The van der Waals surface area contributed by atoms with Crippen LogP contribution in [0.3, 0.4) is 0 Å². The third-order valence-corrected chi connectivity index (χ3v) is 6.54. The fourth-order valence-corrected chi connectivity index (χ4v) is 5.07. The number of benzene rings is 4. The Morgan fingerprint density at radius 1 is 0.633 bits per heavy atom. The molecule has 0 bridgehead atoms. The lowest BCUT2D eigenvalue weighted by molar-refractivity contribution is 0.414. The predicted molar refractivity (Wildman–Crippen MR) is 110 cm³/mol. The van der Waals surface area contributed by atoms with Crippen molar-refractivity contribution in [3.05, 3.63) is 60.7 Å². The van der Waals surface area contributed by atoms with Crippen LogP contribution in [0, 0.1) is 0 Å². The van der Waals surface area contributed by atoms with Crippen LogP contribution in [0.25, 0.3) is 32.7 Å². The summed E-state index contributed by atoms with van der Waals surface area (Å²) in [6.07, 6.45) is 0. The van der Waals surface area contributed by atoms with Crippen molar-refractivity contribution in [3.8, 4) is 22.6 Å². The van der Waals surface area contributed by atoms with E-state index in [2.05, 4.69) is 0 Å². The second kappa shape index (κ2) is 6.67. The van der Waals surface area contributed by atoms with Crippen molar-refractivity contribution in [2.75, 3.05) is 0 Å². The van der Waals surface area contributed by atoms with Gasteiger partial charge in [-0.15, -0.1) is 0 Å². The van der Waals surface area contributed by atoms with Crippen LogP contribution in [0.2, 0.25) is 0 Å². The van der Waals surface area contributed by atoms with E-state index in [0.29, 0.717) is 27.6 Å². The molecule has 0 heterocycles. The SMILES string of the molecule is O=S(=O)(O)c1cc(O)c(-c2c3ccccc3cc3ccccc23)c(S(=O)(=O)O)c1O. The zero-order valence-electron chi connectivity index (χ0n) is 15.0. The number of fused-ring (bicyclic) bond motifs is 2. The summed E-state index contributed by atoms with van der Waals surface area (Å²) in [6.45, 7) is 0. The Bertz CT molecular complexity index is 1500. The van der Waals surface area contributed by atoms with Gasteiger partial charge in [-0.1, -0.05) is 48.5 Å². The minimum Gasteiger partial charge on any atom is -0.507 e. The first kappa shape index (κ1) is 20.1. The summed E-state index contributed by atoms with van der Waals surface area (Å²) in [7, 11) is -10.3. The monoisotopic (exact) mass is 446 g/mol. The maximum Gasteiger partial charge on any atom is 0.299 e. The summed E-state index contributed by atoms with van der Waals surface area (Å²) in [4.78, 5) is -2.47. The van der Waals surface area contributed by atoms with Crippen LogP contribution in [0.5, 0.6) is 11.5 Å². The largest absolute Gasteiger partial charge is 0.507 e. The third kappa shape index (κ3) is 3.15. The van der Waals surface area contributed by atoms with E-state index in [1.807, 2.05) is 6.07 Å². The molecule has 0 saturated carbocycles. The molecule has 0 unspecified atom stereocenters. The first-order valence-electron chi connectivity index (χ1n) is 8.45. The Morgan fingerprint density at radius 3 is 1.60 bits per heavy atom. The van der Waals surface area contributed by atoms with Gasteiger partial charge in [0.05, 0.1) is 0 Å². The number of phenolic OH excluding ortho intramolecular Hbond substituents is 2. The average molecular weight is 446 g/mol. The van der Waals surface area contributed by atoms with E-state index in [1.54, 1.807) is 48.5 Å². The van der Waals surface area contributed by atoms with Gasteiger partial charge in [0.2, 0.25) is 0 Å². The highest BCUT2D eigenvalue weighted by Crippen LogP contribution is 2.48. The van der Waals surface area contributed by atoms with Gasteiger partial charge in [-0.2, -0.15) is 16.8 Å². The highest BCUT2D eigenvalue weighted by atomic mass is 32.2. The van der Waals surface area contributed by atoms with Crippen molar-refractivity contribution in [1.82, 2.24) is 0 Å². The average Bonchev–Trinajstić information content (AvgIpc) is 2.65. The van der Waals surface area contributed by atoms with Crippen molar-refractivity contribution < 1.29 is 36.2 Å². The summed E-state index contributed by atoms with van der Waals surface area (Å²) in [6, 6.07) is 16.0. The third-order valence-electron chi connectivity index (χ3n) is 4.76. The highest BCUT2D eigenvalue weighted by molar-refractivity contribution is 7.87. The summed E-state index contributed by atoms with van der Waals surface area (Å²) < 4.78 is 66.6. The van der Waals surface area contributed by atoms with Gasteiger partial charge in [-0.3, -0.25) is 9.11 Å². The molecule has 0 radical (unpaired) electrons. The predicted octanol–water partition coefficient (Wildman–Crippen LogP) is 3.56. The van der Waals surface area contributed by atoms with E-state index >= 15 is 0 Å². The Hall–Kier alpha value is -3.18. The van der Waals surface area contributed by atoms with E-state index in [-0.39, 0.29) is 5.56 Å². The molecule has 4 N–H and O–H groups in total. The number of aromatic hydroxyl groups is 2. The highest BCUT2D eigenvalue weighted by Gasteiger charge is 2.32. The van der Waals surface area contributed by atoms with Gasteiger partial charge in [0, 0.05) is 17.2 Å². The van der Waals surface area contributed by atoms with E-state index in [1.165, 1.54) is 0 Å². The lowest BCUT2D eigenvalue weighted by atomic mass is 9.91. The van der Waals surface area contributed by atoms with Crippen LogP contribution in [-0.4, -0.2) is 36.2 Å². The summed E-state index contributed by atoms with van der Waals surface area (Å²) in [5, 5.41) is 23.3. The Kier molecular flexibility index (Phi) is 4.47. The second-order valence-electron chi connectivity index (χ2n) is 6.59. The molecule has 0 atom stereocenters. The molecule has 8 nitrogen and oxygen atoms in total. The second-order valence-corrected chi connectivity index (χ2v) is 9.34. The number of rotatable bonds is 3. The Balaban J connectivity index is 2.33. The van der Waals surface area contributed by atoms with Gasteiger partial charge in [-0.05, 0) is 27.6 Å². The van der Waals surface area contributed by atoms with Gasteiger partial charge in [-0.25, -0.2) is 0 Å². The fourth-order valence-electron chi connectivity index (χ4n) is 3.58. The van der Waals surface area contributed by atoms with Crippen LogP contribution in [0.15, 0.2) is 70.5 Å². The minimum atomic E-state index is -5.24. The number of hydrogen-bond donors (Lipinski definition) is 4. The molecule has 0 aliphatic rings. The molecule has 0 saturated heterocycles. The maximum absolute atomic E-state index is 12.2. The zero-order chi connectivity index (χ0) is 21.8. The van der Waals surface area contributed by atoms with Crippen molar-refractivity contribution >= 4 is 41.8 Å². The summed E-state index contributed by atoms with van der Waals surface area (Å²) in [5.74, 6) is -2.26. The van der Waals surface area contributed by atoms with Crippen molar-refractivity contribution in [1.29, 1.82) is 0 Å². The van der Waals surface area contributed by atoms with Crippen molar-refractivity contribution in [2.24, 2.45) is 0 Å². The van der Waals surface area contributed by atoms with Gasteiger partial charge < -0.3 is 10.2 Å². The van der Waals surface area contributed by atoms with E-state index in [9.17, 15) is 36.2 Å². The lowest BCUT2D eigenvalue weighted by Gasteiger charge is -2.18. The van der Waals surface area contributed by atoms with Crippen molar-refractivity contribution in [3.63, 3.8) is 0 Å². The van der Waals surface area contributed by atoms with Gasteiger partial charge in [0.15, 0.2) is 5.75 Å². The molecule has 10 heteroatoms. The summed E-state index contributed by atoms with van der Waals surface area (Å²) in [5.41, 5.74) is -0.332. The van der Waals surface area contributed by atoms with Crippen LogP contribution >= 0.6 is 0 Å². The molecule has 30 heavy (non-hydrogen) atoms. The lowest BCUT2D eigenvalue weighted by Crippen LogP contribution is -2.07. The topological polar surface area (TPSA) is 149 Å². The maximum atomic E-state index is 12.2. The fraction of sp³-hybridized carbons (Fsp3) is 0. The molecule has 0 aromatic heterocycles. The molecule has 0 amide bonds. The molecule has 154 valence electrons. The number of hydrogen-bond acceptors (Lipinski definition) is 6. The van der Waals surface area contributed by atoms with Crippen molar-refractivity contribution in [2.45, 2.75) is 9.79 Å². The van der Waals surface area contributed by atoms with Crippen LogP contribution in [-0.2, 0) is 20.2 Å². The number of phenols is 2.